The molecule has 0 radical (unpaired) electrons. The highest BCUT2D eigenvalue weighted by molar-refractivity contribution is 5.86. The molecule has 0 aliphatic rings. The number of ether oxygens (including phenoxy) is 1. The average Bonchev–Trinajstić information content (AvgIpc) is 2.44. The first-order chi connectivity index (χ1) is 9.91. The quantitative estimate of drug-likeness (QED) is 0.832. The summed E-state index contributed by atoms with van der Waals surface area (Å²) >= 11 is 0. The molecule has 5 heteroatoms. The number of hydrogen-bond donors (Lipinski definition) is 1. The molecule has 116 valence electrons. The predicted molar refractivity (Wildman–Crippen MR) is 82.0 cm³/mol. The zero-order valence-corrected chi connectivity index (χ0v) is 13.1. The SMILES string of the molecule is CC(=O)NC(C(=O)N(C)CCOc1ccccc1)C(C)C. The fourth-order valence-electron chi connectivity index (χ4n) is 1.90. The smallest absolute Gasteiger partial charge is 0.245 e. The van der Waals surface area contributed by atoms with E-state index in [1.54, 1.807) is 11.9 Å². The lowest BCUT2D eigenvalue weighted by Crippen LogP contribution is -2.50. The largest absolute Gasteiger partial charge is 0.492 e. The molecule has 1 rings (SSSR count). The number of rotatable bonds is 7. The molecule has 1 unspecified atom stereocenters. The van der Waals surface area contributed by atoms with Crippen molar-refractivity contribution in [3.05, 3.63) is 30.3 Å². The van der Waals surface area contributed by atoms with E-state index in [0.717, 1.165) is 5.75 Å². The van der Waals surface area contributed by atoms with Crippen molar-refractivity contribution in [3.63, 3.8) is 0 Å². The Kier molecular flexibility index (Phi) is 6.72. The van der Waals surface area contributed by atoms with Crippen molar-refractivity contribution in [1.82, 2.24) is 10.2 Å². The van der Waals surface area contributed by atoms with Crippen LogP contribution in [0.4, 0.5) is 0 Å². The highest BCUT2D eigenvalue weighted by Gasteiger charge is 2.25. The predicted octanol–water partition coefficient (Wildman–Crippen LogP) is 1.68. The average molecular weight is 292 g/mol. The summed E-state index contributed by atoms with van der Waals surface area (Å²) in [7, 11) is 1.72. The first-order valence-corrected chi connectivity index (χ1v) is 7.11. The second kappa shape index (κ2) is 8.29. The van der Waals surface area contributed by atoms with Gasteiger partial charge in [-0.05, 0) is 18.1 Å². The molecule has 0 heterocycles. The van der Waals surface area contributed by atoms with Gasteiger partial charge in [-0.1, -0.05) is 32.0 Å². The van der Waals surface area contributed by atoms with E-state index in [2.05, 4.69) is 5.32 Å². The maximum absolute atomic E-state index is 12.3. The van der Waals surface area contributed by atoms with Gasteiger partial charge in [0.1, 0.15) is 18.4 Å². The molecule has 21 heavy (non-hydrogen) atoms. The summed E-state index contributed by atoms with van der Waals surface area (Å²) in [6.45, 7) is 6.12. The van der Waals surface area contributed by atoms with Crippen LogP contribution in [-0.2, 0) is 9.59 Å². The molecule has 0 aliphatic carbocycles. The number of amides is 2. The van der Waals surface area contributed by atoms with E-state index in [1.165, 1.54) is 6.92 Å². The first kappa shape index (κ1) is 17.0. The molecule has 0 fully saturated rings. The molecule has 0 aromatic heterocycles. The van der Waals surface area contributed by atoms with Crippen LogP contribution >= 0.6 is 0 Å². The van der Waals surface area contributed by atoms with Crippen LogP contribution in [-0.4, -0.2) is 43.0 Å². The fraction of sp³-hybridized carbons (Fsp3) is 0.500. The third-order valence-electron chi connectivity index (χ3n) is 3.11. The number of para-hydroxylation sites is 1. The van der Waals surface area contributed by atoms with Crippen molar-refractivity contribution in [3.8, 4) is 5.75 Å². The van der Waals surface area contributed by atoms with E-state index >= 15 is 0 Å². The minimum atomic E-state index is -0.496. The molecule has 0 spiro atoms. The fourth-order valence-corrected chi connectivity index (χ4v) is 1.90. The van der Waals surface area contributed by atoms with Crippen molar-refractivity contribution >= 4 is 11.8 Å². The van der Waals surface area contributed by atoms with E-state index in [4.69, 9.17) is 4.74 Å². The van der Waals surface area contributed by atoms with E-state index in [1.807, 2.05) is 44.2 Å². The molecular formula is C16H24N2O3. The Morgan fingerprint density at radius 3 is 2.38 bits per heavy atom. The minimum absolute atomic E-state index is 0.0406. The molecular weight excluding hydrogens is 268 g/mol. The number of nitrogens with one attached hydrogen (secondary N) is 1. The summed E-state index contributed by atoms with van der Waals surface area (Å²) in [5, 5.41) is 2.70. The highest BCUT2D eigenvalue weighted by atomic mass is 16.5. The lowest BCUT2D eigenvalue weighted by molar-refractivity contribution is -0.136. The van der Waals surface area contributed by atoms with Crippen LogP contribution < -0.4 is 10.1 Å². The summed E-state index contributed by atoms with van der Waals surface area (Å²) in [4.78, 5) is 25.1. The van der Waals surface area contributed by atoms with Gasteiger partial charge >= 0.3 is 0 Å². The van der Waals surface area contributed by atoms with Crippen molar-refractivity contribution < 1.29 is 14.3 Å². The van der Waals surface area contributed by atoms with Gasteiger partial charge in [-0.15, -0.1) is 0 Å². The summed E-state index contributed by atoms with van der Waals surface area (Å²) < 4.78 is 5.57. The Morgan fingerprint density at radius 1 is 1.24 bits per heavy atom. The van der Waals surface area contributed by atoms with E-state index in [-0.39, 0.29) is 17.7 Å². The van der Waals surface area contributed by atoms with Crippen molar-refractivity contribution in [2.24, 2.45) is 5.92 Å². The standard InChI is InChI=1S/C16H24N2O3/c1-12(2)15(17-13(3)19)16(20)18(4)10-11-21-14-8-6-5-7-9-14/h5-9,12,15H,10-11H2,1-4H3,(H,17,19). The summed E-state index contributed by atoms with van der Waals surface area (Å²) in [6, 6.07) is 8.96. The zero-order valence-electron chi connectivity index (χ0n) is 13.1. The number of carbonyl (C=O) groups is 2. The molecule has 0 saturated carbocycles. The number of hydrogen-bond acceptors (Lipinski definition) is 3. The topological polar surface area (TPSA) is 58.6 Å². The normalized spacial score (nSPS) is 11.9. The highest BCUT2D eigenvalue weighted by Crippen LogP contribution is 2.09. The minimum Gasteiger partial charge on any atom is -0.492 e. The van der Waals surface area contributed by atoms with Gasteiger partial charge in [0.2, 0.25) is 11.8 Å². The molecule has 5 nitrogen and oxygen atoms in total. The molecule has 0 saturated heterocycles. The molecule has 2 amide bonds. The Bertz CT molecular complexity index is 460. The number of nitrogens with zero attached hydrogens (tertiary/aromatic N) is 1. The van der Waals surface area contributed by atoms with Gasteiger partial charge < -0.3 is 15.0 Å². The monoisotopic (exact) mass is 292 g/mol. The van der Waals surface area contributed by atoms with E-state index in [0.29, 0.717) is 13.2 Å². The zero-order chi connectivity index (χ0) is 15.8. The van der Waals surface area contributed by atoms with Crippen molar-refractivity contribution in [2.45, 2.75) is 26.8 Å². The van der Waals surface area contributed by atoms with Gasteiger partial charge in [0.15, 0.2) is 0 Å². The first-order valence-electron chi connectivity index (χ1n) is 7.11. The maximum Gasteiger partial charge on any atom is 0.245 e. The van der Waals surface area contributed by atoms with Crippen LogP contribution in [0.3, 0.4) is 0 Å². The molecule has 1 aromatic carbocycles. The van der Waals surface area contributed by atoms with Crippen LogP contribution in [0, 0.1) is 5.92 Å². The summed E-state index contributed by atoms with van der Waals surface area (Å²) in [5.74, 6) is 0.521. The van der Waals surface area contributed by atoms with Gasteiger partial charge in [0.25, 0.3) is 0 Å². The summed E-state index contributed by atoms with van der Waals surface area (Å²) in [5.41, 5.74) is 0. The Hall–Kier alpha value is -2.04. The number of carbonyl (C=O) groups excluding carboxylic acids is 2. The summed E-state index contributed by atoms with van der Waals surface area (Å²) in [6.07, 6.45) is 0. The maximum atomic E-state index is 12.3. The van der Waals surface area contributed by atoms with Crippen LogP contribution in [0.25, 0.3) is 0 Å². The van der Waals surface area contributed by atoms with Crippen LogP contribution in [0.15, 0.2) is 30.3 Å². The second-order valence-electron chi connectivity index (χ2n) is 5.34. The molecule has 1 N–H and O–H groups in total. The van der Waals surface area contributed by atoms with Crippen molar-refractivity contribution in [2.75, 3.05) is 20.2 Å². The Labute approximate surface area is 126 Å². The van der Waals surface area contributed by atoms with Gasteiger partial charge in [-0.2, -0.15) is 0 Å². The molecule has 1 atom stereocenters. The Morgan fingerprint density at radius 2 is 1.86 bits per heavy atom. The third-order valence-corrected chi connectivity index (χ3v) is 3.11. The van der Waals surface area contributed by atoms with Gasteiger partial charge in [-0.3, -0.25) is 9.59 Å². The molecule has 0 bridgehead atoms. The van der Waals surface area contributed by atoms with Gasteiger partial charge in [0.05, 0.1) is 6.54 Å². The molecule has 1 aromatic rings. The van der Waals surface area contributed by atoms with E-state index < -0.39 is 6.04 Å². The van der Waals surface area contributed by atoms with Crippen molar-refractivity contribution in [1.29, 1.82) is 0 Å². The number of benzene rings is 1. The van der Waals surface area contributed by atoms with Crippen LogP contribution in [0.5, 0.6) is 5.75 Å². The lowest BCUT2D eigenvalue weighted by Gasteiger charge is -2.26. The van der Waals surface area contributed by atoms with Crippen LogP contribution in [0.1, 0.15) is 20.8 Å². The second-order valence-corrected chi connectivity index (χ2v) is 5.34. The van der Waals surface area contributed by atoms with Crippen LogP contribution in [0.2, 0.25) is 0 Å². The van der Waals surface area contributed by atoms with Gasteiger partial charge in [0, 0.05) is 14.0 Å². The number of likely N-dealkylation sites (N-methyl/N-ethyl adjacent to an activating group) is 1. The van der Waals surface area contributed by atoms with E-state index in [9.17, 15) is 9.59 Å². The lowest BCUT2D eigenvalue weighted by atomic mass is 10.0. The Balaban J connectivity index is 2.47. The third kappa shape index (κ3) is 5.85. The van der Waals surface area contributed by atoms with Gasteiger partial charge in [-0.25, -0.2) is 0 Å². The molecule has 0 aliphatic heterocycles.